The van der Waals surface area contributed by atoms with Crippen molar-refractivity contribution in [2.24, 2.45) is 0 Å². The van der Waals surface area contributed by atoms with Crippen LogP contribution in [0.15, 0.2) is 158 Å². The van der Waals surface area contributed by atoms with Gasteiger partial charge >= 0.3 is 0 Å². The molecule has 2 nitrogen and oxygen atoms in total. The van der Waals surface area contributed by atoms with Gasteiger partial charge in [0.15, 0.2) is 0 Å². The molecule has 0 fully saturated rings. The quantitative estimate of drug-likeness (QED) is 0.143. The molecule has 0 radical (unpaired) electrons. The number of hydrogen-bond donors (Lipinski definition) is 0. The van der Waals surface area contributed by atoms with E-state index in [1.54, 1.807) is 0 Å². The smallest absolute Gasteiger partial charge is 0.243 e. The summed E-state index contributed by atoms with van der Waals surface area (Å²) in [5.74, 6) is 1.76. The molecule has 0 spiro atoms. The van der Waals surface area contributed by atoms with Crippen LogP contribution in [-0.2, 0) is 0 Å². The lowest BCUT2D eigenvalue weighted by Crippen LogP contribution is -2.55. The Bertz CT molecular complexity index is 2830. The monoisotopic (exact) mass is 767 g/mol. The van der Waals surface area contributed by atoms with Crippen molar-refractivity contribution in [2.45, 2.75) is 54.3 Å². The second kappa shape index (κ2) is 14.7. The number of ether oxygens (including phenoxy) is 1. The number of hydrogen-bond acceptors (Lipinski definition) is 2. The predicted molar refractivity (Wildman–Crippen MR) is 254 cm³/mol. The van der Waals surface area contributed by atoms with E-state index in [1.807, 2.05) is 0 Å². The molecule has 0 amide bonds. The molecule has 58 heavy (non-hydrogen) atoms. The molecule has 8 aromatic rings. The summed E-state index contributed by atoms with van der Waals surface area (Å²) >= 11 is 0. The Morgan fingerprint density at radius 2 is 1.14 bits per heavy atom. The van der Waals surface area contributed by atoms with Gasteiger partial charge in [0.1, 0.15) is 11.5 Å². The molecule has 1 heterocycles. The summed E-state index contributed by atoms with van der Waals surface area (Å²) in [6.45, 7) is 18.5. The van der Waals surface area contributed by atoms with Crippen molar-refractivity contribution < 1.29 is 4.74 Å². The fourth-order valence-electron chi connectivity index (χ4n) is 9.38. The average Bonchev–Trinajstić information content (AvgIpc) is 3.20. The van der Waals surface area contributed by atoms with Gasteiger partial charge in [-0.15, -0.1) is 0 Å². The highest BCUT2D eigenvalue weighted by atomic mass is 28.3. The molecular weight excluding hydrogens is 717 g/mol. The minimum absolute atomic E-state index is 0.0693. The lowest BCUT2D eigenvalue weighted by atomic mass is 9.34. The second-order valence-electron chi connectivity index (χ2n) is 17.3. The van der Waals surface area contributed by atoms with Gasteiger partial charge in [0, 0.05) is 34.0 Å². The number of fused-ring (bicyclic) bond motifs is 2. The third-order valence-electron chi connectivity index (χ3n) is 12.1. The van der Waals surface area contributed by atoms with E-state index in [9.17, 15) is 0 Å². The third kappa shape index (κ3) is 6.66. The molecule has 4 heteroatoms. The van der Waals surface area contributed by atoms with E-state index in [-0.39, 0.29) is 6.71 Å². The van der Waals surface area contributed by atoms with Gasteiger partial charge in [0.2, 0.25) is 6.71 Å². The maximum absolute atomic E-state index is 7.02. The van der Waals surface area contributed by atoms with Gasteiger partial charge in [-0.05, 0) is 87.5 Å². The summed E-state index contributed by atoms with van der Waals surface area (Å²) in [6.07, 6.45) is 0. The average molecular weight is 768 g/mol. The zero-order valence-electron chi connectivity index (χ0n) is 34.9. The zero-order valence-corrected chi connectivity index (χ0v) is 35.9. The van der Waals surface area contributed by atoms with Gasteiger partial charge < -0.3 is 9.64 Å². The van der Waals surface area contributed by atoms with Crippen LogP contribution >= 0.6 is 0 Å². The number of para-hydroxylation sites is 1. The first-order valence-corrected chi connectivity index (χ1v) is 24.0. The van der Waals surface area contributed by atoms with E-state index in [0.717, 1.165) is 34.1 Å². The SMILES string of the molecule is Cc1ccc(B(c2c(C)cc(C)cc2C)c2ccc3c4c(cccc24)Oc2cc(N(c4ccc([Si](C)(C)C)cc4)c4ccccc4-c4ccccc4)ccc2-3)c(C)c1. The molecule has 0 unspecified atom stereocenters. The van der Waals surface area contributed by atoms with E-state index >= 15 is 0 Å². The first-order chi connectivity index (χ1) is 28.0. The van der Waals surface area contributed by atoms with Gasteiger partial charge in [-0.2, -0.15) is 0 Å². The maximum atomic E-state index is 7.02. The molecule has 0 saturated heterocycles. The van der Waals surface area contributed by atoms with Crippen molar-refractivity contribution in [3.05, 3.63) is 186 Å². The predicted octanol–water partition coefficient (Wildman–Crippen LogP) is 12.4. The van der Waals surface area contributed by atoms with E-state index < -0.39 is 8.07 Å². The van der Waals surface area contributed by atoms with Crippen LogP contribution in [0.1, 0.15) is 27.8 Å². The van der Waals surface area contributed by atoms with Crippen LogP contribution in [0.4, 0.5) is 17.1 Å². The van der Waals surface area contributed by atoms with Crippen molar-refractivity contribution >= 4 is 64.2 Å². The Hall–Kier alpha value is -6.10. The molecule has 8 aromatic carbocycles. The van der Waals surface area contributed by atoms with Crippen LogP contribution in [0.25, 0.3) is 33.0 Å². The highest BCUT2D eigenvalue weighted by Crippen LogP contribution is 2.49. The maximum Gasteiger partial charge on any atom is 0.243 e. The molecule has 0 aliphatic carbocycles. The van der Waals surface area contributed by atoms with Crippen LogP contribution in [0.5, 0.6) is 11.5 Å². The van der Waals surface area contributed by atoms with Gasteiger partial charge in [0.25, 0.3) is 0 Å². The van der Waals surface area contributed by atoms with Crippen LogP contribution in [0.3, 0.4) is 0 Å². The topological polar surface area (TPSA) is 12.5 Å². The second-order valence-corrected chi connectivity index (χ2v) is 22.4. The lowest BCUT2D eigenvalue weighted by Gasteiger charge is -2.30. The van der Waals surface area contributed by atoms with E-state index in [0.29, 0.717) is 0 Å². The summed E-state index contributed by atoms with van der Waals surface area (Å²) in [4.78, 5) is 2.39. The summed E-state index contributed by atoms with van der Waals surface area (Å²) in [5.41, 5.74) is 18.5. The van der Waals surface area contributed by atoms with Crippen molar-refractivity contribution in [2.75, 3.05) is 4.90 Å². The fraction of sp³-hybridized carbons (Fsp3) is 0.148. The van der Waals surface area contributed by atoms with Crippen molar-refractivity contribution in [3.63, 3.8) is 0 Å². The Morgan fingerprint density at radius 3 is 1.86 bits per heavy atom. The first-order valence-electron chi connectivity index (χ1n) is 20.5. The molecule has 284 valence electrons. The summed E-state index contributed by atoms with van der Waals surface area (Å²) in [7, 11) is -1.49. The highest BCUT2D eigenvalue weighted by molar-refractivity contribution is 6.97. The first kappa shape index (κ1) is 37.5. The van der Waals surface area contributed by atoms with Crippen LogP contribution < -0.4 is 31.2 Å². The Kier molecular flexibility index (Phi) is 9.49. The van der Waals surface area contributed by atoms with Crippen LogP contribution in [0.2, 0.25) is 19.6 Å². The molecule has 0 N–H and O–H groups in total. The molecule has 0 bridgehead atoms. The summed E-state index contributed by atoms with van der Waals surface area (Å²) in [6, 6.07) is 58.3. The molecular formula is C54H50BNOSi. The van der Waals surface area contributed by atoms with Gasteiger partial charge in [-0.3, -0.25) is 0 Å². The Balaban J connectivity index is 1.21. The summed E-state index contributed by atoms with van der Waals surface area (Å²) < 4.78 is 7.02. The van der Waals surface area contributed by atoms with E-state index in [2.05, 4.69) is 217 Å². The van der Waals surface area contributed by atoms with Crippen LogP contribution in [0, 0.1) is 34.6 Å². The van der Waals surface area contributed by atoms with Gasteiger partial charge in [0.05, 0.1) is 13.8 Å². The number of anilines is 3. The summed E-state index contributed by atoms with van der Waals surface area (Å²) in [5, 5.41) is 3.85. The fourth-order valence-corrected chi connectivity index (χ4v) is 10.5. The minimum Gasteiger partial charge on any atom is -0.456 e. The number of aryl methyl sites for hydroxylation is 5. The van der Waals surface area contributed by atoms with E-state index in [1.165, 1.54) is 76.9 Å². The third-order valence-corrected chi connectivity index (χ3v) is 14.1. The van der Waals surface area contributed by atoms with Crippen LogP contribution in [-0.4, -0.2) is 14.8 Å². The number of rotatable bonds is 8. The van der Waals surface area contributed by atoms with Gasteiger partial charge in [-0.1, -0.05) is 184 Å². The number of nitrogens with zero attached hydrogens (tertiary/aromatic N) is 1. The zero-order chi connectivity index (χ0) is 40.3. The molecule has 1 aliphatic heterocycles. The van der Waals surface area contributed by atoms with E-state index in [4.69, 9.17) is 4.74 Å². The number of benzene rings is 8. The Morgan fingerprint density at radius 1 is 0.483 bits per heavy atom. The molecule has 0 saturated carbocycles. The van der Waals surface area contributed by atoms with Crippen molar-refractivity contribution in [1.29, 1.82) is 0 Å². The normalized spacial score (nSPS) is 11.9. The Labute approximate surface area is 345 Å². The lowest BCUT2D eigenvalue weighted by molar-refractivity contribution is 0.487. The molecule has 0 aromatic heterocycles. The largest absolute Gasteiger partial charge is 0.456 e. The van der Waals surface area contributed by atoms with Crippen molar-refractivity contribution in [1.82, 2.24) is 0 Å². The van der Waals surface area contributed by atoms with Crippen molar-refractivity contribution in [3.8, 4) is 33.8 Å². The van der Waals surface area contributed by atoms with Gasteiger partial charge in [-0.25, -0.2) is 0 Å². The standard InChI is InChI=1S/C54H50BNOSi/c1-35-21-29-48(37(3)31-35)55(54-38(4)32-36(2)33-39(54)5)49-30-28-46-45-27-24-42(34-52(45)57-51-20-14-18-47(49)53(46)51)56(41-22-25-43(26-23-41)58(6,7)8)50-19-13-12-17-44(50)40-15-10-9-11-16-40/h9-34H,1-8H3. The molecule has 9 rings (SSSR count). The molecule has 1 aliphatic rings. The molecule has 0 atom stereocenters. The highest BCUT2D eigenvalue weighted by Gasteiger charge is 2.31. The minimum atomic E-state index is -1.49.